The second kappa shape index (κ2) is 26.6. The van der Waals surface area contributed by atoms with Crippen LogP contribution in [0.2, 0.25) is 0 Å². The van der Waals surface area contributed by atoms with Crippen LogP contribution >= 0.6 is 0 Å². The molecule has 0 saturated carbocycles. The molecule has 3 aliphatic heterocycles. The molecule has 5 aliphatic rings. The van der Waals surface area contributed by atoms with Crippen molar-refractivity contribution in [2.75, 3.05) is 26.3 Å². The summed E-state index contributed by atoms with van der Waals surface area (Å²) >= 11 is 0. The molecule has 120 heavy (non-hydrogen) atoms. The maximum Gasteiger partial charge on any atom is 0.159 e. The van der Waals surface area contributed by atoms with Crippen molar-refractivity contribution < 1.29 is 8.83 Å². The van der Waals surface area contributed by atoms with E-state index in [9.17, 15) is 0 Å². The van der Waals surface area contributed by atoms with Crippen molar-refractivity contribution in [2.24, 2.45) is 9.98 Å². The summed E-state index contributed by atoms with van der Waals surface area (Å²) in [6.45, 7) is 4.94. The van der Waals surface area contributed by atoms with E-state index in [0.29, 0.717) is 12.6 Å². The molecule has 2 aliphatic carbocycles. The van der Waals surface area contributed by atoms with Gasteiger partial charge in [-0.3, -0.25) is 4.99 Å². The highest BCUT2D eigenvalue weighted by molar-refractivity contribution is 6.40. The highest BCUT2D eigenvalue weighted by Crippen LogP contribution is 2.58. The topological polar surface area (TPSA) is 64.0 Å². The molecule has 2 aromatic heterocycles. The largest absolute Gasteiger partial charge is 0.455 e. The van der Waals surface area contributed by atoms with Crippen LogP contribution in [0.3, 0.4) is 0 Å². The Morgan fingerprint density at radius 3 is 1.88 bits per heavy atom. The lowest BCUT2D eigenvalue weighted by Crippen LogP contribution is -2.44. The molecule has 0 bridgehead atoms. The van der Waals surface area contributed by atoms with Crippen molar-refractivity contribution in [3.8, 4) is 33.4 Å². The smallest absolute Gasteiger partial charge is 0.159 e. The average Bonchev–Trinajstić information content (AvgIpc) is 1.47. The first-order valence-electron chi connectivity index (χ1n) is 41.6. The van der Waals surface area contributed by atoms with Gasteiger partial charge in [0.15, 0.2) is 11.2 Å². The molecular formula is C112H74N6O2. The highest BCUT2D eigenvalue weighted by atomic mass is 16.3. The van der Waals surface area contributed by atoms with Gasteiger partial charge in [0.1, 0.15) is 24.2 Å². The molecule has 0 spiro atoms. The third-order valence-electron chi connectivity index (χ3n) is 25.9. The third kappa shape index (κ3) is 10.5. The van der Waals surface area contributed by atoms with E-state index in [4.69, 9.17) is 13.8 Å². The predicted octanol–water partition coefficient (Wildman–Crippen LogP) is 28.1. The van der Waals surface area contributed by atoms with E-state index in [0.717, 1.165) is 160 Å². The van der Waals surface area contributed by atoms with Crippen molar-refractivity contribution in [2.45, 2.75) is 31.8 Å². The number of aliphatic imine (C=N–C) groups is 2. The summed E-state index contributed by atoms with van der Waals surface area (Å²) in [6.07, 6.45) is 26.3. The lowest BCUT2D eigenvalue weighted by Gasteiger charge is -2.38. The van der Waals surface area contributed by atoms with E-state index in [-0.39, 0.29) is 12.1 Å². The van der Waals surface area contributed by atoms with E-state index in [1.165, 1.54) is 76.3 Å². The van der Waals surface area contributed by atoms with Gasteiger partial charge in [-0.05, 0) is 229 Å². The second-order valence-electron chi connectivity index (χ2n) is 32.9. The van der Waals surface area contributed by atoms with Crippen molar-refractivity contribution >= 4 is 200 Å². The SMILES string of the molecule is CC(C)c1ccc2c(c1)=CN(c1cc3c(-c4ccccc4)c(N(c4ccc5cc6ccccc6cc5c4)c4cc5ccccc5c5ccc(-c6ccccc6)cc45)c4ccc5c6ccc(N7c8cccc(-c9ccc%10cc%11ccccc%11cc%10c9)c8C=C8C=CC=CC87)cc6oc5c4c3c3c1oc1c(N4C=NC=NC4)cccc13)C1C=CC=CC=21. The molecule has 20 aromatic rings. The van der Waals surface area contributed by atoms with Crippen LogP contribution in [-0.2, 0) is 0 Å². The Morgan fingerprint density at radius 1 is 0.417 bits per heavy atom. The van der Waals surface area contributed by atoms with E-state index in [1.807, 2.05) is 6.34 Å². The molecule has 2 atom stereocenters. The minimum atomic E-state index is -0.210. The molecule has 0 fully saturated rings. The molecule has 0 radical (unpaired) electrons. The number of hydrogen-bond acceptors (Lipinski definition) is 8. The minimum absolute atomic E-state index is 0.0949. The van der Waals surface area contributed by atoms with Crippen LogP contribution in [0.5, 0.6) is 0 Å². The molecule has 8 heteroatoms. The Balaban J connectivity index is 0.831. The Morgan fingerprint density at radius 2 is 1.08 bits per heavy atom. The van der Waals surface area contributed by atoms with Gasteiger partial charge >= 0.3 is 0 Å². The average molecular weight is 1540 g/mol. The van der Waals surface area contributed by atoms with Gasteiger partial charge in [-0.15, -0.1) is 0 Å². The van der Waals surface area contributed by atoms with E-state index in [2.05, 4.69) is 409 Å². The van der Waals surface area contributed by atoms with Crippen LogP contribution in [0.25, 0.3) is 181 Å². The first-order chi connectivity index (χ1) is 59.3. The summed E-state index contributed by atoms with van der Waals surface area (Å²) in [5.41, 5.74) is 21.5. The molecule has 564 valence electrons. The summed E-state index contributed by atoms with van der Waals surface area (Å²) in [7, 11) is 0. The predicted molar refractivity (Wildman–Crippen MR) is 507 cm³/mol. The van der Waals surface area contributed by atoms with E-state index >= 15 is 0 Å². The quantitative estimate of drug-likeness (QED) is 0.100. The number of fused-ring (bicyclic) bond motifs is 22. The fraction of sp³-hybridized carbons (Fsp3) is 0.0536. The van der Waals surface area contributed by atoms with Gasteiger partial charge in [0.05, 0.1) is 41.2 Å². The maximum atomic E-state index is 8.12. The van der Waals surface area contributed by atoms with Gasteiger partial charge in [-0.25, -0.2) is 4.99 Å². The van der Waals surface area contributed by atoms with Crippen LogP contribution in [0.1, 0.15) is 30.9 Å². The number of benzene rings is 18. The maximum absolute atomic E-state index is 8.12. The summed E-state index contributed by atoms with van der Waals surface area (Å²) in [6, 6.07) is 116. The van der Waals surface area contributed by atoms with Crippen LogP contribution in [0, 0.1) is 0 Å². The van der Waals surface area contributed by atoms with Gasteiger partial charge in [0.2, 0.25) is 0 Å². The number of furan rings is 2. The lowest BCUT2D eigenvalue weighted by molar-refractivity contribution is 0.667. The zero-order valence-electron chi connectivity index (χ0n) is 65.8. The summed E-state index contributed by atoms with van der Waals surface area (Å²) < 4.78 is 16.1. The summed E-state index contributed by atoms with van der Waals surface area (Å²) in [4.78, 5) is 19.1. The zero-order valence-corrected chi connectivity index (χ0v) is 65.8. The van der Waals surface area contributed by atoms with Gasteiger partial charge in [0.25, 0.3) is 0 Å². The highest BCUT2D eigenvalue weighted by Gasteiger charge is 2.36. The third-order valence-corrected chi connectivity index (χ3v) is 25.9. The van der Waals surface area contributed by atoms with Crippen molar-refractivity contribution in [1.29, 1.82) is 0 Å². The number of para-hydroxylation sites is 1. The number of hydrogen-bond donors (Lipinski definition) is 0. The first kappa shape index (κ1) is 67.9. The summed E-state index contributed by atoms with van der Waals surface area (Å²) in [5.74, 6) is 0.303. The lowest BCUT2D eigenvalue weighted by atomic mass is 9.86. The van der Waals surface area contributed by atoms with Crippen LogP contribution < -0.4 is 30.0 Å². The summed E-state index contributed by atoms with van der Waals surface area (Å²) in [5, 5.41) is 24.4. The Labute approximate surface area is 691 Å². The molecule has 5 heterocycles. The standard InChI is InChI=1S/C112H74N6O2/c1-67(2)70-42-46-88-83(51-70)63-116(99-36-18-16-32-90(88)99)103-62-97-105(69-23-7-4-8-24-69)109(118(84-44-41-76-53-72-26-10-12-28-74(72)55-82(76)57-84)102-60-78-29-13-15-31-86(78)89-47-43-77(58-96(89)102)68-21-5-3-6-22-68)93-50-49-92-91-48-45-85(61-104(91)119-111(92)107(93)106(97)108-94-34-20-38-101(110(94)120-112(103)108)115-65-113-64-114-66-115)117-98-35-17-14-30-80(98)59-95-87(33-19-37-100(95)117)79-40-39-75-52-71-25-9-11-27-73(71)54-81(75)56-79/h3-65,67,98-99H,66H2,1-2H3. The number of allylic oxidation sites excluding steroid dienone is 4. The number of rotatable bonds is 10. The fourth-order valence-corrected chi connectivity index (χ4v) is 20.2. The first-order valence-corrected chi connectivity index (χ1v) is 41.6. The normalized spacial score (nSPS) is 15.5. The van der Waals surface area contributed by atoms with E-state index in [1.54, 1.807) is 6.34 Å². The molecular weight excluding hydrogens is 1460 g/mol. The molecule has 18 aromatic carbocycles. The second-order valence-corrected chi connectivity index (χ2v) is 32.9. The van der Waals surface area contributed by atoms with Crippen LogP contribution in [0.4, 0.5) is 39.8 Å². The van der Waals surface area contributed by atoms with Crippen LogP contribution in [-0.4, -0.2) is 31.4 Å². The molecule has 0 amide bonds. The van der Waals surface area contributed by atoms with E-state index < -0.39 is 0 Å². The molecule has 25 rings (SSSR count). The molecule has 0 saturated heterocycles. The van der Waals surface area contributed by atoms with Crippen molar-refractivity contribution in [1.82, 2.24) is 0 Å². The minimum Gasteiger partial charge on any atom is -0.455 e. The Bertz CT molecular complexity index is 8280. The Hall–Kier alpha value is -15.4. The monoisotopic (exact) mass is 1530 g/mol. The molecule has 8 nitrogen and oxygen atoms in total. The number of nitrogens with zero attached hydrogens (tertiary/aromatic N) is 6. The van der Waals surface area contributed by atoms with Gasteiger partial charge in [-0.2, -0.15) is 0 Å². The van der Waals surface area contributed by atoms with Crippen molar-refractivity contribution in [3.05, 3.63) is 385 Å². The molecule has 0 N–H and O–H groups in total. The Kier molecular flexibility index (Phi) is 15.0. The van der Waals surface area contributed by atoms with Crippen LogP contribution in [0.15, 0.2) is 382 Å². The zero-order chi connectivity index (χ0) is 79.0. The van der Waals surface area contributed by atoms with Gasteiger partial charge in [0, 0.05) is 83.5 Å². The van der Waals surface area contributed by atoms with Crippen molar-refractivity contribution in [3.63, 3.8) is 0 Å². The molecule has 2 unspecified atom stereocenters. The van der Waals surface area contributed by atoms with Gasteiger partial charge in [-0.1, -0.05) is 269 Å². The fourth-order valence-electron chi connectivity index (χ4n) is 20.2. The van der Waals surface area contributed by atoms with Gasteiger partial charge < -0.3 is 28.4 Å². The number of anilines is 7.